The van der Waals surface area contributed by atoms with E-state index in [2.05, 4.69) is 20.6 Å². The van der Waals surface area contributed by atoms with Crippen LogP contribution in [0.5, 0.6) is 5.75 Å². The lowest BCUT2D eigenvalue weighted by Crippen LogP contribution is -2.16. The molecule has 1 aromatic carbocycles. The summed E-state index contributed by atoms with van der Waals surface area (Å²) in [5.41, 5.74) is 3.62. The number of thioether (sulfide) groups is 1. The zero-order valence-electron chi connectivity index (χ0n) is 17.4. The Kier molecular flexibility index (Phi) is 6.58. The quantitative estimate of drug-likeness (QED) is 0.569. The zero-order chi connectivity index (χ0) is 21.0. The summed E-state index contributed by atoms with van der Waals surface area (Å²) in [6.07, 6.45) is 0. The first kappa shape index (κ1) is 20.9. The van der Waals surface area contributed by atoms with Crippen LogP contribution in [0.1, 0.15) is 29.7 Å². The van der Waals surface area contributed by atoms with E-state index in [0.29, 0.717) is 17.6 Å². The minimum atomic E-state index is -0.0995. The van der Waals surface area contributed by atoms with Crippen molar-refractivity contribution in [3.8, 4) is 5.75 Å². The van der Waals surface area contributed by atoms with Crippen molar-refractivity contribution in [2.24, 2.45) is 7.05 Å². The van der Waals surface area contributed by atoms with Crippen LogP contribution < -0.4 is 10.1 Å². The Labute approximate surface area is 174 Å². The van der Waals surface area contributed by atoms with Crippen molar-refractivity contribution in [2.75, 3.05) is 11.1 Å². The Bertz CT molecular complexity index is 1010. The molecule has 0 bridgehead atoms. The number of rotatable bonds is 8. The Balaban J connectivity index is 1.57. The van der Waals surface area contributed by atoms with Gasteiger partial charge in [-0.2, -0.15) is 5.10 Å². The topological polar surface area (TPSA) is 86.9 Å². The van der Waals surface area contributed by atoms with Crippen molar-refractivity contribution in [1.29, 1.82) is 0 Å². The molecule has 0 spiro atoms. The molecule has 0 unspecified atom stereocenters. The van der Waals surface area contributed by atoms with Gasteiger partial charge < -0.3 is 14.6 Å². The maximum atomic E-state index is 12.4. The predicted molar refractivity (Wildman–Crippen MR) is 113 cm³/mol. The van der Waals surface area contributed by atoms with Gasteiger partial charge >= 0.3 is 0 Å². The molecule has 29 heavy (non-hydrogen) atoms. The highest BCUT2D eigenvalue weighted by molar-refractivity contribution is 7.99. The van der Waals surface area contributed by atoms with E-state index in [1.807, 2.05) is 68.3 Å². The van der Waals surface area contributed by atoms with E-state index < -0.39 is 0 Å². The van der Waals surface area contributed by atoms with Gasteiger partial charge in [-0.15, -0.1) is 10.2 Å². The van der Waals surface area contributed by atoms with E-state index in [4.69, 9.17) is 4.74 Å². The highest BCUT2D eigenvalue weighted by Crippen LogP contribution is 2.22. The van der Waals surface area contributed by atoms with Gasteiger partial charge in [-0.05, 0) is 39.3 Å². The number of nitrogens with zero attached hydrogens (tertiary/aromatic N) is 5. The summed E-state index contributed by atoms with van der Waals surface area (Å²) >= 11 is 1.34. The van der Waals surface area contributed by atoms with Crippen molar-refractivity contribution in [3.63, 3.8) is 0 Å². The molecule has 0 atom stereocenters. The minimum Gasteiger partial charge on any atom is -0.485 e. The lowest BCUT2D eigenvalue weighted by molar-refractivity contribution is -0.113. The molecule has 1 N–H and O–H groups in total. The first-order valence-corrected chi connectivity index (χ1v) is 10.4. The number of ether oxygens (including phenoxy) is 1. The monoisotopic (exact) mass is 414 g/mol. The SMILES string of the molecule is CCn1nc(C)c(NC(=O)CSc2nnc(COc3ccccc3C)n2C)c1C. The Morgan fingerprint density at radius 2 is 1.97 bits per heavy atom. The molecular formula is C20H26N6O2S. The maximum Gasteiger partial charge on any atom is 0.234 e. The third kappa shape index (κ3) is 4.79. The molecule has 0 aliphatic carbocycles. The number of hydrogen-bond donors (Lipinski definition) is 1. The molecule has 9 heteroatoms. The van der Waals surface area contributed by atoms with E-state index in [9.17, 15) is 4.79 Å². The van der Waals surface area contributed by atoms with Gasteiger partial charge in [-0.25, -0.2) is 0 Å². The Morgan fingerprint density at radius 3 is 2.66 bits per heavy atom. The molecule has 2 aromatic heterocycles. The predicted octanol–water partition coefficient (Wildman–Crippen LogP) is 3.27. The second-order valence-electron chi connectivity index (χ2n) is 6.71. The summed E-state index contributed by atoms with van der Waals surface area (Å²) < 4.78 is 9.57. The fourth-order valence-electron chi connectivity index (χ4n) is 2.95. The number of aromatic nitrogens is 5. The molecule has 0 saturated carbocycles. The summed E-state index contributed by atoms with van der Waals surface area (Å²) in [6.45, 7) is 8.95. The van der Waals surface area contributed by atoms with Crippen LogP contribution in [0.15, 0.2) is 29.4 Å². The van der Waals surface area contributed by atoms with E-state index >= 15 is 0 Å². The number of para-hydroxylation sites is 1. The highest BCUT2D eigenvalue weighted by Gasteiger charge is 2.16. The molecule has 0 aliphatic rings. The number of benzene rings is 1. The van der Waals surface area contributed by atoms with Gasteiger partial charge in [0.05, 0.1) is 22.8 Å². The van der Waals surface area contributed by atoms with Gasteiger partial charge in [0.1, 0.15) is 12.4 Å². The zero-order valence-corrected chi connectivity index (χ0v) is 18.2. The molecule has 3 rings (SSSR count). The van der Waals surface area contributed by atoms with Gasteiger partial charge in [-0.3, -0.25) is 9.48 Å². The van der Waals surface area contributed by atoms with E-state index in [1.165, 1.54) is 11.8 Å². The van der Waals surface area contributed by atoms with Crippen molar-refractivity contribution < 1.29 is 9.53 Å². The molecule has 0 fully saturated rings. The first-order chi connectivity index (χ1) is 13.9. The number of nitrogens with one attached hydrogen (secondary N) is 1. The van der Waals surface area contributed by atoms with E-state index in [0.717, 1.165) is 34.9 Å². The van der Waals surface area contributed by atoms with Crippen LogP contribution in [-0.4, -0.2) is 36.2 Å². The van der Waals surface area contributed by atoms with Crippen LogP contribution >= 0.6 is 11.8 Å². The molecule has 1 amide bonds. The van der Waals surface area contributed by atoms with Crippen LogP contribution in [0.3, 0.4) is 0 Å². The van der Waals surface area contributed by atoms with Gasteiger partial charge in [-0.1, -0.05) is 30.0 Å². The third-order valence-electron chi connectivity index (χ3n) is 4.65. The molecule has 3 aromatic rings. The second kappa shape index (κ2) is 9.13. The lowest BCUT2D eigenvalue weighted by Gasteiger charge is -2.09. The molecule has 0 radical (unpaired) electrons. The number of carbonyl (C=O) groups excluding carboxylic acids is 1. The Morgan fingerprint density at radius 1 is 1.21 bits per heavy atom. The van der Waals surface area contributed by atoms with Crippen LogP contribution in [0.25, 0.3) is 0 Å². The standard InChI is InChI=1S/C20H26N6O2S/c1-6-26-15(4)19(14(3)24-26)21-18(27)12-29-20-23-22-17(25(20)5)11-28-16-10-8-7-9-13(16)2/h7-10H,6,11-12H2,1-5H3,(H,21,27). The van der Waals surface area contributed by atoms with Gasteiger partial charge in [0.25, 0.3) is 0 Å². The normalized spacial score (nSPS) is 10.9. The summed E-state index contributed by atoms with van der Waals surface area (Å²) in [5, 5.41) is 16.4. The van der Waals surface area contributed by atoms with Crippen LogP contribution in [0.2, 0.25) is 0 Å². The summed E-state index contributed by atoms with van der Waals surface area (Å²) in [7, 11) is 1.87. The second-order valence-corrected chi connectivity index (χ2v) is 7.65. The smallest absolute Gasteiger partial charge is 0.234 e. The number of aryl methyl sites for hydroxylation is 3. The van der Waals surface area contributed by atoms with E-state index in [1.54, 1.807) is 0 Å². The molecule has 2 heterocycles. The van der Waals surface area contributed by atoms with Crippen LogP contribution in [0.4, 0.5) is 5.69 Å². The number of anilines is 1. The van der Waals surface area contributed by atoms with Gasteiger partial charge in [0.15, 0.2) is 11.0 Å². The van der Waals surface area contributed by atoms with Crippen molar-refractivity contribution >= 4 is 23.4 Å². The van der Waals surface area contributed by atoms with Crippen LogP contribution in [0, 0.1) is 20.8 Å². The first-order valence-electron chi connectivity index (χ1n) is 9.44. The van der Waals surface area contributed by atoms with Crippen molar-refractivity contribution in [1.82, 2.24) is 24.5 Å². The molecule has 0 saturated heterocycles. The average Bonchev–Trinajstić information content (AvgIpc) is 3.19. The molecule has 154 valence electrons. The van der Waals surface area contributed by atoms with Crippen molar-refractivity contribution in [2.45, 2.75) is 46.0 Å². The molecule has 8 nitrogen and oxygen atoms in total. The van der Waals surface area contributed by atoms with Gasteiger partial charge in [0, 0.05) is 13.6 Å². The summed E-state index contributed by atoms with van der Waals surface area (Å²) in [6, 6.07) is 7.84. The maximum absolute atomic E-state index is 12.4. The summed E-state index contributed by atoms with van der Waals surface area (Å²) in [4.78, 5) is 12.4. The third-order valence-corrected chi connectivity index (χ3v) is 5.67. The molecular weight excluding hydrogens is 388 g/mol. The minimum absolute atomic E-state index is 0.0995. The number of hydrogen-bond acceptors (Lipinski definition) is 6. The molecule has 0 aliphatic heterocycles. The lowest BCUT2D eigenvalue weighted by atomic mass is 10.2. The van der Waals surface area contributed by atoms with Gasteiger partial charge in [0.2, 0.25) is 5.91 Å². The fourth-order valence-corrected chi connectivity index (χ4v) is 3.68. The summed E-state index contributed by atoms with van der Waals surface area (Å²) in [5.74, 6) is 1.66. The van der Waals surface area contributed by atoms with E-state index in [-0.39, 0.29) is 11.7 Å². The average molecular weight is 415 g/mol. The number of amides is 1. The Hall–Kier alpha value is -2.81. The highest BCUT2D eigenvalue weighted by atomic mass is 32.2. The number of carbonyl (C=O) groups is 1. The fraction of sp³-hybridized carbons (Fsp3) is 0.400. The van der Waals surface area contributed by atoms with Crippen LogP contribution in [-0.2, 0) is 25.0 Å². The largest absolute Gasteiger partial charge is 0.485 e. The van der Waals surface area contributed by atoms with Crippen molar-refractivity contribution in [3.05, 3.63) is 47.0 Å².